The van der Waals surface area contributed by atoms with Gasteiger partial charge in [0, 0.05) is 13.0 Å². The Morgan fingerprint density at radius 1 is 0.527 bits per heavy atom. The predicted molar refractivity (Wildman–Crippen MR) is 303 cm³/mol. The Morgan fingerprint density at radius 2 is 0.932 bits per heavy atom. The zero-order valence-electron chi connectivity index (χ0n) is 45.9. The van der Waals surface area contributed by atoms with E-state index in [1.165, 1.54) is 57.8 Å². The first kappa shape index (κ1) is 68.8. The van der Waals surface area contributed by atoms with Crippen LogP contribution in [0.4, 0.5) is 0 Å². The number of rotatable bonds is 49. The Hall–Kier alpha value is -3.24. The quantitative estimate of drug-likeness (QED) is 0.0196. The van der Waals surface area contributed by atoms with E-state index in [0.717, 1.165) is 122 Å². The summed E-state index contributed by atoms with van der Waals surface area (Å²) < 4.78 is 59.4. The number of hydrogen-bond donors (Lipinski definition) is 4. The first-order chi connectivity index (χ1) is 36.1. The van der Waals surface area contributed by atoms with Gasteiger partial charge in [-0.1, -0.05) is 207 Å². The van der Waals surface area contributed by atoms with Gasteiger partial charge in [0.2, 0.25) is 0 Å². The lowest BCUT2D eigenvalue weighted by Gasteiger charge is -2.41. The molecule has 0 aromatic rings. The van der Waals surface area contributed by atoms with Crippen molar-refractivity contribution in [3.05, 3.63) is 109 Å². The van der Waals surface area contributed by atoms with Crippen molar-refractivity contribution >= 4 is 16.4 Å². The van der Waals surface area contributed by atoms with Crippen LogP contribution in [0.2, 0.25) is 0 Å². The number of aliphatic hydroxyl groups is 3. The highest BCUT2D eigenvalue weighted by atomic mass is 32.3. The van der Waals surface area contributed by atoms with Gasteiger partial charge in [0.1, 0.15) is 30.5 Å². The lowest BCUT2D eigenvalue weighted by molar-refractivity contribution is -0.301. The van der Waals surface area contributed by atoms with Gasteiger partial charge in [-0.15, -0.1) is 0 Å². The van der Waals surface area contributed by atoms with E-state index in [-0.39, 0.29) is 19.6 Å². The van der Waals surface area contributed by atoms with E-state index >= 15 is 0 Å². The largest absolute Gasteiger partial charge is 0.457 e. The van der Waals surface area contributed by atoms with Crippen molar-refractivity contribution in [1.29, 1.82) is 0 Å². The van der Waals surface area contributed by atoms with Gasteiger partial charge in [0.05, 0.1) is 19.8 Å². The molecule has 424 valence electrons. The maximum atomic E-state index is 13.0. The molecule has 0 aromatic carbocycles. The molecule has 1 aliphatic rings. The highest BCUT2D eigenvalue weighted by Gasteiger charge is 2.48. The van der Waals surface area contributed by atoms with Crippen LogP contribution in [0, 0.1) is 0 Å². The highest BCUT2D eigenvalue weighted by molar-refractivity contribution is 7.80. The summed E-state index contributed by atoms with van der Waals surface area (Å²) in [6.45, 7) is 3.82. The van der Waals surface area contributed by atoms with E-state index in [4.69, 9.17) is 18.9 Å². The molecule has 6 atom stereocenters. The number of carbonyl (C=O) groups excluding carboxylic acids is 1. The van der Waals surface area contributed by atoms with Gasteiger partial charge < -0.3 is 34.3 Å². The smallest absolute Gasteiger partial charge is 0.397 e. The standard InChI is InChI=1S/C61H102O12S/c1-3-5-7-9-11-13-15-17-19-21-23-25-27-28-29-30-32-34-36-38-40-42-44-46-48-50-57(63)71-55(54-70-61-59(65)60(73-74(66,67)68)58(64)56(52-62)72-61)53-69-51-49-47-45-43-41-39-37-35-33-31-26-24-22-20-18-16-14-12-10-8-6-4-2/h5,7,11,13,16-19,22-25,28-29,31-34,55-56,58-62,64-65H,3-4,6,8-10,12,14-15,20-21,26-27,30,35-54H2,1-2H3,(H,66,67,68)/b7-5-,13-11-,18-16-,19-17-,24-22-,25-23-,29-28-,33-31-,34-32-. The lowest BCUT2D eigenvalue weighted by atomic mass is 9.99. The Bertz CT molecular complexity index is 1700. The SMILES string of the molecule is CC/C=C\C/C=C\C/C=C\C/C=C\C/C=C\C/C=C\CCCCCCCCC(=O)OC(COCCCCCCCCC/C=C\C/C=C\C/C=C\CCCCCCC)COC1OC(CO)C(O)C(OS(=O)(=O)O)C1O. The third kappa shape index (κ3) is 42.9. The Balaban J connectivity index is 2.35. The third-order valence-electron chi connectivity index (χ3n) is 12.4. The first-order valence-corrected chi connectivity index (χ1v) is 30.0. The number of ether oxygens (including phenoxy) is 4. The number of unbranched alkanes of at least 4 members (excludes halogenated alkanes) is 18. The minimum atomic E-state index is -5.08. The number of allylic oxidation sites excluding steroid dienone is 18. The fourth-order valence-electron chi connectivity index (χ4n) is 8.09. The number of carbonyl (C=O) groups is 1. The first-order valence-electron chi connectivity index (χ1n) is 28.6. The van der Waals surface area contributed by atoms with E-state index in [1.54, 1.807) is 0 Å². The predicted octanol–water partition coefficient (Wildman–Crippen LogP) is 14.3. The van der Waals surface area contributed by atoms with Gasteiger partial charge >= 0.3 is 16.4 Å². The molecule has 6 unspecified atom stereocenters. The van der Waals surface area contributed by atoms with Gasteiger partial charge in [0.15, 0.2) is 6.29 Å². The number of aliphatic hydroxyl groups excluding tert-OH is 3. The topological polar surface area (TPSA) is 178 Å². The van der Waals surface area contributed by atoms with Crippen molar-refractivity contribution in [3.8, 4) is 0 Å². The summed E-state index contributed by atoms with van der Waals surface area (Å²) >= 11 is 0. The summed E-state index contributed by atoms with van der Waals surface area (Å²) in [5, 5.41) is 30.8. The maximum absolute atomic E-state index is 13.0. The van der Waals surface area contributed by atoms with E-state index in [0.29, 0.717) is 13.0 Å². The molecule has 0 bridgehead atoms. The average Bonchev–Trinajstić information content (AvgIpc) is 3.38. The molecule has 74 heavy (non-hydrogen) atoms. The van der Waals surface area contributed by atoms with Gasteiger partial charge in [-0.2, -0.15) is 8.42 Å². The third-order valence-corrected chi connectivity index (χ3v) is 12.8. The van der Waals surface area contributed by atoms with Crippen molar-refractivity contribution in [1.82, 2.24) is 0 Å². The van der Waals surface area contributed by atoms with Gasteiger partial charge in [0.25, 0.3) is 0 Å². The molecule has 0 aliphatic carbocycles. The second-order valence-corrected chi connectivity index (χ2v) is 20.2. The molecule has 1 saturated heterocycles. The van der Waals surface area contributed by atoms with Gasteiger partial charge in [-0.05, 0) is 103 Å². The minimum absolute atomic E-state index is 0.0158. The molecule has 1 aliphatic heterocycles. The molecule has 4 N–H and O–H groups in total. The maximum Gasteiger partial charge on any atom is 0.397 e. The van der Waals surface area contributed by atoms with E-state index < -0.39 is 59.8 Å². The Labute approximate surface area is 449 Å². The van der Waals surface area contributed by atoms with Crippen LogP contribution in [0.3, 0.4) is 0 Å². The monoisotopic (exact) mass is 1060 g/mol. The van der Waals surface area contributed by atoms with Crippen molar-refractivity contribution in [2.45, 2.75) is 243 Å². The Kier molecular flexibility index (Phi) is 47.0. The molecule has 13 heteroatoms. The molecule has 12 nitrogen and oxygen atoms in total. The molecule has 1 heterocycles. The molecule has 1 rings (SSSR count). The summed E-state index contributed by atoms with van der Waals surface area (Å²) in [5.74, 6) is -0.421. The lowest BCUT2D eigenvalue weighted by Crippen LogP contribution is -2.60. The Morgan fingerprint density at radius 3 is 1.36 bits per heavy atom. The van der Waals surface area contributed by atoms with E-state index in [2.05, 4.69) is 127 Å². The van der Waals surface area contributed by atoms with Crippen molar-refractivity contribution < 1.29 is 56.2 Å². The van der Waals surface area contributed by atoms with Crippen molar-refractivity contribution in [3.63, 3.8) is 0 Å². The fraction of sp³-hybridized carbons (Fsp3) is 0.689. The fourth-order valence-corrected chi connectivity index (χ4v) is 8.60. The van der Waals surface area contributed by atoms with Crippen LogP contribution in [0.1, 0.15) is 206 Å². The number of esters is 1. The summed E-state index contributed by atoms with van der Waals surface area (Å²) in [4.78, 5) is 13.0. The summed E-state index contributed by atoms with van der Waals surface area (Å²) in [5.41, 5.74) is 0. The van der Waals surface area contributed by atoms with Crippen LogP contribution in [-0.2, 0) is 38.3 Å². The van der Waals surface area contributed by atoms with Gasteiger partial charge in [-0.3, -0.25) is 9.35 Å². The van der Waals surface area contributed by atoms with Crippen LogP contribution >= 0.6 is 0 Å². The number of hydrogen-bond acceptors (Lipinski definition) is 11. The van der Waals surface area contributed by atoms with Crippen molar-refractivity contribution in [2.24, 2.45) is 0 Å². The molecule has 0 spiro atoms. The van der Waals surface area contributed by atoms with Gasteiger partial charge in [-0.25, -0.2) is 4.18 Å². The minimum Gasteiger partial charge on any atom is -0.457 e. The summed E-state index contributed by atoms with van der Waals surface area (Å²) in [7, 11) is -5.08. The van der Waals surface area contributed by atoms with Crippen LogP contribution < -0.4 is 0 Å². The normalized spacial score (nSPS) is 19.6. The second-order valence-electron chi connectivity index (χ2n) is 19.1. The molecule has 1 fully saturated rings. The highest BCUT2D eigenvalue weighted by Crippen LogP contribution is 2.26. The molecule has 0 aromatic heterocycles. The van der Waals surface area contributed by atoms with Crippen LogP contribution in [0.25, 0.3) is 0 Å². The molecule has 0 radical (unpaired) electrons. The van der Waals surface area contributed by atoms with Crippen LogP contribution in [0.5, 0.6) is 0 Å². The average molecular weight is 1060 g/mol. The second kappa shape index (κ2) is 50.6. The summed E-state index contributed by atoms with van der Waals surface area (Å²) in [6.07, 6.45) is 62.5. The zero-order chi connectivity index (χ0) is 53.8. The molecule has 0 amide bonds. The summed E-state index contributed by atoms with van der Waals surface area (Å²) in [6, 6.07) is 0. The van der Waals surface area contributed by atoms with E-state index in [9.17, 15) is 33.1 Å². The van der Waals surface area contributed by atoms with Crippen molar-refractivity contribution in [2.75, 3.05) is 26.4 Å². The zero-order valence-corrected chi connectivity index (χ0v) is 46.7. The molecular weight excluding hydrogens is 957 g/mol. The van der Waals surface area contributed by atoms with Crippen LogP contribution in [0.15, 0.2) is 109 Å². The molecule has 0 saturated carbocycles. The van der Waals surface area contributed by atoms with E-state index in [1.807, 2.05) is 0 Å². The molecular formula is C61H102O12S. The van der Waals surface area contributed by atoms with Crippen LogP contribution in [-0.4, -0.2) is 97.5 Å².